The SMILES string of the molecule is COc1ccc2c(C[NH2+]C3CCCCC3)cc(=O)oc2c1. The number of benzene rings is 1. The monoisotopic (exact) mass is 288 g/mol. The average Bonchev–Trinajstić information content (AvgIpc) is 2.52. The molecular weight excluding hydrogens is 266 g/mol. The first-order valence-electron chi connectivity index (χ1n) is 7.70. The van der Waals surface area contributed by atoms with Crippen LogP contribution in [0.5, 0.6) is 5.75 Å². The van der Waals surface area contributed by atoms with E-state index in [2.05, 4.69) is 5.32 Å². The predicted molar refractivity (Wildman–Crippen MR) is 81.5 cm³/mol. The summed E-state index contributed by atoms with van der Waals surface area (Å²) in [7, 11) is 1.61. The fourth-order valence-electron chi connectivity index (χ4n) is 3.17. The highest BCUT2D eigenvalue weighted by Gasteiger charge is 2.17. The zero-order chi connectivity index (χ0) is 14.7. The van der Waals surface area contributed by atoms with Gasteiger partial charge in [0.05, 0.1) is 13.2 Å². The Kier molecular flexibility index (Phi) is 4.25. The molecule has 0 spiro atoms. The van der Waals surface area contributed by atoms with E-state index >= 15 is 0 Å². The van der Waals surface area contributed by atoms with Gasteiger partial charge in [0.2, 0.25) is 0 Å². The maximum absolute atomic E-state index is 11.7. The van der Waals surface area contributed by atoms with Crippen LogP contribution >= 0.6 is 0 Å². The minimum Gasteiger partial charge on any atom is -0.497 e. The van der Waals surface area contributed by atoms with Gasteiger partial charge in [-0.05, 0) is 37.8 Å². The summed E-state index contributed by atoms with van der Waals surface area (Å²) in [5.41, 5.74) is 1.37. The number of quaternary nitrogens is 1. The third kappa shape index (κ3) is 3.27. The summed E-state index contributed by atoms with van der Waals surface area (Å²) in [4.78, 5) is 11.7. The van der Waals surface area contributed by atoms with Crippen LogP contribution in [0.1, 0.15) is 37.7 Å². The van der Waals surface area contributed by atoms with Gasteiger partial charge >= 0.3 is 5.63 Å². The zero-order valence-electron chi connectivity index (χ0n) is 12.4. The molecule has 1 heterocycles. The van der Waals surface area contributed by atoms with Gasteiger partial charge in [0.15, 0.2) is 0 Å². The summed E-state index contributed by atoms with van der Waals surface area (Å²) in [5.74, 6) is 0.707. The predicted octanol–water partition coefficient (Wildman–Crippen LogP) is 2.20. The van der Waals surface area contributed by atoms with E-state index in [9.17, 15) is 4.79 Å². The van der Waals surface area contributed by atoms with Crippen LogP contribution in [-0.2, 0) is 6.54 Å². The van der Waals surface area contributed by atoms with Crippen molar-refractivity contribution in [2.24, 2.45) is 0 Å². The second-order valence-corrected chi connectivity index (χ2v) is 5.79. The largest absolute Gasteiger partial charge is 0.497 e. The number of ether oxygens (including phenoxy) is 1. The van der Waals surface area contributed by atoms with Gasteiger partial charge in [-0.3, -0.25) is 0 Å². The summed E-state index contributed by atoms with van der Waals surface area (Å²) < 4.78 is 10.5. The number of fused-ring (bicyclic) bond motifs is 1. The smallest absolute Gasteiger partial charge is 0.336 e. The Balaban J connectivity index is 1.85. The highest BCUT2D eigenvalue weighted by molar-refractivity contribution is 5.81. The van der Waals surface area contributed by atoms with Crippen molar-refractivity contribution >= 4 is 11.0 Å². The van der Waals surface area contributed by atoms with Gasteiger partial charge in [0.25, 0.3) is 0 Å². The first kappa shape index (κ1) is 14.1. The molecule has 0 saturated heterocycles. The minimum atomic E-state index is -0.289. The normalized spacial score (nSPS) is 16.2. The number of hydrogen-bond acceptors (Lipinski definition) is 3. The van der Waals surface area contributed by atoms with Crippen LogP contribution in [0.2, 0.25) is 0 Å². The molecule has 1 aromatic heterocycles. The van der Waals surface area contributed by atoms with Gasteiger partial charge in [-0.2, -0.15) is 0 Å². The molecule has 4 nitrogen and oxygen atoms in total. The van der Waals surface area contributed by atoms with Gasteiger partial charge in [-0.25, -0.2) is 4.79 Å². The molecular formula is C17H22NO3+. The lowest BCUT2D eigenvalue weighted by Gasteiger charge is -2.20. The standard InChI is InChI=1S/C17H21NO3/c1-20-14-7-8-15-12(9-17(19)21-16(15)10-14)11-18-13-5-3-2-4-6-13/h7-10,13,18H,2-6,11H2,1H3/p+1. The van der Waals surface area contributed by atoms with Crippen molar-refractivity contribution < 1.29 is 14.5 Å². The number of hydrogen-bond donors (Lipinski definition) is 1. The molecule has 0 amide bonds. The molecule has 0 bridgehead atoms. The Morgan fingerprint density at radius 3 is 2.81 bits per heavy atom. The molecule has 2 aromatic rings. The summed E-state index contributed by atoms with van der Waals surface area (Å²) in [6, 6.07) is 7.97. The topological polar surface area (TPSA) is 56.0 Å². The summed E-state index contributed by atoms with van der Waals surface area (Å²) in [6.07, 6.45) is 6.59. The summed E-state index contributed by atoms with van der Waals surface area (Å²) in [5, 5.41) is 3.37. The van der Waals surface area contributed by atoms with Crippen LogP contribution in [0, 0.1) is 0 Å². The molecule has 0 aliphatic heterocycles. The molecule has 1 saturated carbocycles. The van der Waals surface area contributed by atoms with Crippen LogP contribution in [0.25, 0.3) is 11.0 Å². The Morgan fingerprint density at radius 1 is 1.24 bits per heavy atom. The van der Waals surface area contributed by atoms with E-state index in [0.29, 0.717) is 17.4 Å². The van der Waals surface area contributed by atoms with E-state index < -0.39 is 0 Å². The second-order valence-electron chi connectivity index (χ2n) is 5.79. The molecule has 3 rings (SSSR count). The lowest BCUT2D eigenvalue weighted by Crippen LogP contribution is -2.88. The van der Waals surface area contributed by atoms with Crippen molar-refractivity contribution in [3.8, 4) is 5.75 Å². The maximum Gasteiger partial charge on any atom is 0.336 e. The van der Waals surface area contributed by atoms with Crippen molar-refractivity contribution in [1.29, 1.82) is 0 Å². The second kappa shape index (κ2) is 6.31. The summed E-state index contributed by atoms with van der Waals surface area (Å²) >= 11 is 0. The third-order valence-corrected chi connectivity index (χ3v) is 4.36. The Hall–Kier alpha value is -1.81. The van der Waals surface area contributed by atoms with E-state index in [1.165, 1.54) is 32.1 Å². The fraction of sp³-hybridized carbons (Fsp3) is 0.471. The van der Waals surface area contributed by atoms with Gasteiger partial charge in [0.1, 0.15) is 17.9 Å². The molecule has 21 heavy (non-hydrogen) atoms. The van der Waals surface area contributed by atoms with Crippen molar-refractivity contribution in [2.45, 2.75) is 44.7 Å². The van der Waals surface area contributed by atoms with Gasteiger partial charge in [-0.15, -0.1) is 0 Å². The first-order chi connectivity index (χ1) is 10.3. The van der Waals surface area contributed by atoms with Crippen LogP contribution in [0.3, 0.4) is 0 Å². The average molecular weight is 288 g/mol. The maximum atomic E-state index is 11.7. The molecule has 0 radical (unpaired) electrons. The first-order valence-corrected chi connectivity index (χ1v) is 7.70. The van der Waals surface area contributed by atoms with Gasteiger partial charge in [-0.1, -0.05) is 6.42 Å². The third-order valence-electron chi connectivity index (χ3n) is 4.36. The Bertz CT molecular complexity index is 671. The number of nitrogens with two attached hydrogens (primary N) is 1. The molecule has 1 aliphatic carbocycles. The van der Waals surface area contributed by atoms with Crippen molar-refractivity contribution in [1.82, 2.24) is 0 Å². The van der Waals surface area contributed by atoms with E-state index in [0.717, 1.165) is 17.5 Å². The van der Waals surface area contributed by atoms with Crippen molar-refractivity contribution in [3.63, 3.8) is 0 Å². The Morgan fingerprint density at radius 2 is 2.05 bits per heavy atom. The fourth-order valence-corrected chi connectivity index (χ4v) is 3.17. The van der Waals surface area contributed by atoms with Crippen LogP contribution < -0.4 is 15.7 Å². The molecule has 1 fully saturated rings. The van der Waals surface area contributed by atoms with Gasteiger partial charge in [0, 0.05) is 23.1 Å². The highest BCUT2D eigenvalue weighted by Crippen LogP contribution is 2.22. The highest BCUT2D eigenvalue weighted by atomic mass is 16.5. The lowest BCUT2D eigenvalue weighted by molar-refractivity contribution is -0.706. The lowest BCUT2D eigenvalue weighted by atomic mass is 9.95. The van der Waals surface area contributed by atoms with E-state index in [1.807, 2.05) is 12.1 Å². The number of methoxy groups -OCH3 is 1. The molecule has 2 N–H and O–H groups in total. The molecule has 4 heteroatoms. The molecule has 0 atom stereocenters. The van der Waals surface area contributed by atoms with E-state index in [1.54, 1.807) is 19.2 Å². The minimum absolute atomic E-state index is 0.289. The molecule has 1 aromatic carbocycles. The van der Waals surface area contributed by atoms with E-state index in [4.69, 9.17) is 9.15 Å². The van der Waals surface area contributed by atoms with Crippen molar-refractivity contribution in [2.75, 3.05) is 7.11 Å². The summed E-state index contributed by atoms with van der Waals surface area (Å²) in [6.45, 7) is 0.832. The van der Waals surface area contributed by atoms with Crippen LogP contribution in [0.4, 0.5) is 0 Å². The van der Waals surface area contributed by atoms with Gasteiger partial charge < -0.3 is 14.5 Å². The molecule has 0 unspecified atom stereocenters. The van der Waals surface area contributed by atoms with Crippen LogP contribution in [0.15, 0.2) is 33.5 Å². The number of rotatable bonds is 4. The quantitative estimate of drug-likeness (QED) is 0.878. The van der Waals surface area contributed by atoms with Crippen molar-refractivity contribution in [3.05, 3.63) is 40.2 Å². The van der Waals surface area contributed by atoms with E-state index in [-0.39, 0.29) is 5.63 Å². The zero-order valence-corrected chi connectivity index (χ0v) is 12.4. The Labute approximate surface area is 124 Å². The molecule has 112 valence electrons. The molecule has 1 aliphatic rings. The van der Waals surface area contributed by atoms with Crippen LogP contribution in [-0.4, -0.2) is 13.2 Å².